The zero-order valence-electron chi connectivity index (χ0n) is 10.2. The van der Waals surface area contributed by atoms with Crippen molar-refractivity contribution >= 4 is 28.5 Å². The molecule has 2 heterocycles. The molecule has 0 aromatic heterocycles. The maximum Gasteiger partial charge on any atom is 0.253 e. The van der Waals surface area contributed by atoms with E-state index in [1.807, 2.05) is 29.2 Å². The molecule has 1 aromatic carbocycles. The van der Waals surface area contributed by atoms with E-state index in [0.29, 0.717) is 12.0 Å². The van der Waals surface area contributed by atoms with E-state index in [0.717, 1.165) is 28.8 Å². The number of carbonyl (C=O) groups excluding carboxylic acids is 1. The van der Waals surface area contributed by atoms with Crippen molar-refractivity contribution in [3.63, 3.8) is 0 Å². The van der Waals surface area contributed by atoms with Crippen LogP contribution in [0.15, 0.2) is 24.3 Å². The number of likely N-dealkylation sites (tertiary alicyclic amines) is 1. The van der Waals surface area contributed by atoms with Crippen LogP contribution in [-0.2, 0) is 0 Å². The Labute approximate surface area is 121 Å². The summed E-state index contributed by atoms with van der Waals surface area (Å²) >= 11 is 2.25. The third-order valence-electron chi connectivity index (χ3n) is 3.96. The van der Waals surface area contributed by atoms with E-state index < -0.39 is 0 Å². The monoisotopic (exact) mass is 356 g/mol. The van der Waals surface area contributed by atoms with E-state index in [2.05, 4.69) is 27.9 Å². The zero-order chi connectivity index (χ0) is 12.5. The highest BCUT2D eigenvalue weighted by Gasteiger charge is 2.36. The van der Waals surface area contributed by atoms with Crippen molar-refractivity contribution in [2.75, 3.05) is 19.6 Å². The molecule has 0 radical (unpaired) electrons. The second kappa shape index (κ2) is 5.17. The molecule has 2 aliphatic heterocycles. The minimum absolute atomic E-state index is 0.185. The summed E-state index contributed by atoms with van der Waals surface area (Å²) in [6, 6.07) is 8.38. The van der Waals surface area contributed by atoms with Gasteiger partial charge in [0, 0.05) is 28.3 Å². The molecule has 0 saturated carbocycles. The number of carbonyl (C=O) groups is 1. The van der Waals surface area contributed by atoms with Gasteiger partial charge in [0.05, 0.1) is 0 Å². The smallest absolute Gasteiger partial charge is 0.253 e. The van der Waals surface area contributed by atoms with Crippen LogP contribution in [0.25, 0.3) is 0 Å². The summed E-state index contributed by atoms with van der Waals surface area (Å²) in [5.41, 5.74) is 0.820. The van der Waals surface area contributed by atoms with Crippen molar-refractivity contribution in [3.05, 3.63) is 33.4 Å². The van der Waals surface area contributed by atoms with Gasteiger partial charge in [0.1, 0.15) is 0 Å². The standard InChI is InChI=1S/C14H17IN2O/c15-12-5-1-3-10(7-12)14(18)17-8-11-4-2-6-16-13(11)9-17/h1,3,5,7,11,13,16H,2,4,6,8-9H2/t11-,13+/m0/s1. The fourth-order valence-corrected chi connectivity index (χ4v) is 3.56. The molecule has 2 fully saturated rings. The lowest BCUT2D eigenvalue weighted by Gasteiger charge is -2.24. The van der Waals surface area contributed by atoms with Crippen molar-refractivity contribution in [3.8, 4) is 0 Å². The fraction of sp³-hybridized carbons (Fsp3) is 0.500. The number of benzene rings is 1. The van der Waals surface area contributed by atoms with E-state index in [1.54, 1.807) is 0 Å². The van der Waals surface area contributed by atoms with Gasteiger partial charge in [-0.15, -0.1) is 0 Å². The molecule has 0 bridgehead atoms. The molecule has 0 unspecified atom stereocenters. The number of piperidine rings is 1. The first kappa shape index (κ1) is 12.4. The van der Waals surface area contributed by atoms with Gasteiger partial charge in [-0.1, -0.05) is 6.07 Å². The Balaban J connectivity index is 1.74. The van der Waals surface area contributed by atoms with E-state index in [9.17, 15) is 4.79 Å². The maximum atomic E-state index is 12.4. The Morgan fingerprint density at radius 2 is 2.28 bits per heavy atom. The molecule has 18 heavy (non-hydrogen) atoms. The third kappa shape index (κ3) is 2.40. The number of nitrogens with zero attached hydrogens (tertiary/aromatic N) is 1. The zero-order valence-corrected chi connectivity index (χ0v) is 12.4. The molecular formula is C14H17IN2O. The topological polar surface area (TPSA) is 32.3 Å². The largest absolute Gasteiger partial charge is 0.337 e. The molecule has 1 N–H and O–H groups in total. The molecular weight excluding hydrogens is 339 g/mol. The Morgan fingerprint density at radius 3 is 3.06 bits per heavy atom. The minimum atomic E-state index is 0.185. The molecule has 3 rings (SSSR count). The molecule has 1 amide bonds. The van der Waals surface area contributed by atoms with E-state index in [4.69, 9.17) is 0 Å². The number of hydrogen-bond donors (Lipinski definition) is 1. The van der Waals surface area contributed by atoms with Crippen molar-refractivity contribution < 1.29 is 4.79 Å². The Hall–Kier alpha value is -0.620. The number of fused-ring (bicyclic) bond motifs is 1. The predicted octanol–water partition coefficient (Wildman–Crippen LogP) is 2.12. The first-order chi connectivity index (χ1) is 8.74. The Morgan fingerprint density at radius 1 is 1.39 bits per heavy atom. The lowest BCUT2D eigenvalue weighted by molar-refractivity contribution is 0.0785. The highest BCUT2D eigenvalue weighted by Crippen LogP contribution is 2.26. The highest BCUT2D eigenvalue weighted by atomic mass is 127. The Bertz CT molecular complexity index is 449. The van der Waals surface area contributed by atoms with Crippen molar-refractivity contribution in [2.24, 2.45) is 5.92 Å². The average molecular weight is 356 g/mol. The molecule has 0 aliphatic carbocycles. The third-order valence-corrected chi connectivity index (χ3v) is 4.63. The quantitative estimate of drug-likeness (QED) is 0.782. The highest BCUT2D eigenvalue weighted by molar-refractivity contribution is 14.1. The molecule has 1 aromatic rings. The van der Waals surface area contributed by atoms with Crippen molar-refractivity contribution in [2.45, 2.75) is 18.9 Å². The molecule has 2 aliphatic rings. The van der Waals surface area contributed by atoms with Crippen LogP contribution in [0.2, 0.25) is 0 Å². The van der Waals surface area contributed by atoms with Gasteiger partial charge in [-0.05, 0) is 66.1 Å². The lowest BCUT2D eigenvalue weighted by atomic mass is 9.94. The van der Waals surface area contributed by atoms with E-state index in [1.165, 1.54) is 12.8 Å². The van der Waals surface area contributed by atoms with Crippen LogP contribution in [0.3, 0.4) is 0 Å². The van der Waals surface area contributed by atoms with Gasteiger partial charge in [0.25, 0.3) is 5.91 Å². The molecule has 2 saturated heterocycles. The van der Waals surface area contributed by atoms with E-state index >= 15 is 0 Å². The molecule has 4 heteroatoms. The molecule has 2 atom stereocenters. The normalized spacial score (nSPS) is 27.1. The number of rotatable bonds is 1. The van der Waals surface area contributed by atoms with Crippen molar-refractivity contribution in [1.82, 2.24) is 10.2 Å². The summed E-state index contributed by atoms with van der Waals surface area (Å²) in [7, 11) is 0. The number of amides is 1. The second-order valence-corrected chi connectivity index (χ2v) is 6.43. The van der Waals surface area contributed by atoms with Crippen LogP contribution in [0, 0.1) is 9.49 Å². The minimum Gasteiger partial charge on any atom is -0.337 e. The van der Waals surface area contributed by atoms with Crippen LogP contribution >= 0.6 is 22.6 Å². The number of nitrogens with one attached hydrogen (secondary N) is 1. The van der Waals surface area contributed by atoms with Gasteiger partial charge in [-0.2, -0.15) is 0 Å². The molecule has 96 valence electrons. The summed E-state index contributed by atoms with van der Waals surface area (Å²) < 4.78 is 1.12. The second-order valence-electron chi connectivity index (χ2n) is 5.18. The van der Waals surface area contributed by atoms with Gasteiger partial charge in [0.15, 0.2) is 0 Å². The van der Waals surface area contributed by atoms with Crippen LogP contribution in [0.1, 0.15) is 23.2 Å². The van der Waals surface area contributed by atoms with Gasteiger partial charge < -0.3 is 10.2 Å². The average Bonchev–Trinajstić information content (AvgIpc) is 2.81. The summed E-state index contributed by atoms with van der Waals surface area (Å²) in [4.78, 5) is 14.5. The molecule has 3 nitrogen and oxygen atoms in total. The van der Waals surface area contributed by atoms with Crippen LogP contribution < -0.4 is 5.32 Å². The predicted molar refractivity (Wildman–Crippen MR) is 79.6 cm³/mol. The molecule has 0 spiro atoms. The van der Waals surface area contributed by atoms with Crippen molar-refractivity contribution in [1.29, 1.82) is 0 Å². The van der Waals surface area contributed by atoms with Gasteiger partial charge >= 0.3 is 0 Å². The van der Waals surface area contributed by atoms with E-state index in [-0.39, 0.29) is 5.91 Å². The summed E-state index contributed by atoms with van der Waals surface area (Å²) in [5, 5.41) is 3.53. The maximum absolute atomic E-state index is 12.4. The SMILES string of the molecule is O=C(c1cccc(I)c1)N1C[C@@H]2CCCN[C@@H]2C1. The fourth-order valence-electron chi connectivity index (χ4n) is 3.02. The first-order valence-corrected chi connectivity index (χ1v) is 7.60. The summed E-state index contributed by atoms with van der Waals surface area (Å²) in [6.07, 6.45) is 2.50. The van der Waals surface area contributed by atoms with Gasteiger partial charge in [-0.3, -0.25) is 4.79 Å². The first-order valence-electron chi connectivity index (χ1n) is 6.52. The van der Waals surface area contributed by atoms with Crippen LogP contribution in [0.4, 0.5) is 0 Å². The lowest BCUT2D eigenvalue weighted by Crippen LogP contribution is -2.41. The Kier molecular flexibility index (Phi) is 3.56. The van der Waals surface area contributed by atoms with Crippen LogP contribution in [0.5, 0.6) is 0 Å². The number of halogens is 1. The number of hydrogen-bond acceptors (Lipinski definition) is 2. The summed E-state index contributed by atoms with van der Waals surface area (Å²) in [6.45, 7) is 2.89. The van der Waals surface area contributed by atoms with Gasteiger partial charge in [0.2, 0.25) is 0 Å². The van der Waals surface area contributed by atoms with Gasteiger partial charge in [-0.25, -0.2) is 0 Å². The summed E-state index contributed by atoms with van der Waals surface area (Å²) in [5.74, 6) is 0.843. The van der Waals surface area contributed by atoms with Crippen LogP contribution in [-0.4, -0.2) is 36.5 Å².